The lowest BCUT2D eigenvalue weighted by atomic mass is 10.1. The Balaban J connectivity index is 1.13. The van der Waals surface area contributed by atoms with Crippen molar-refractivity contribution in [3.8, 4) is 23.0 Å². The van der Waals surface area contributed by atoms with Crippen LogP contribution in [0.25, 0.3) is 0 Å². The molecule has 2 unspecified atom stereocenters. The highest BCUT2D eigenvalue weighted by molar-refractivity contribution is 6.01. The molecule has 6 rings (SSSR count). The van der Waals surface area contributed by atoms with Crippen molar-refractivity contribution in [3.63, 3.8) is 0 Å². The maximum Gasteiger partial charge on any atom is 0.231 e. The third-order valence-corrected chi connectivity index (χ3v) is 7.69. The predicted molar refractivity (Wildman–Crippen MR) is 173 cm³/mol. The van der Waals surface area contributed by atoms with E-state index in [1.54, 1.807) is 0 Å². The van der Waals surface area contributed by atoms with Gasteiger partial charge in [0.05, 0.1) is 0 Å². The molecule has 2 aromatic carbocycles. The summed E-state index contributed by atoms with van der Waals surface area (Å²) in [6.07, 6.45) is 1.94. The number of nitrogens with zero attached hydrogens (tertiary/aromatic N) is 7. The van der Waals surface area contributed by atoms with Gasteiger partial charge in [-0.2, -0.15) is 0 Å². The van der Waals surface area contributed by atoms with E-state index in [0.717, 1.165) is 72.2 Å². The molecule has 0 saturated heterocycles. The van der Waals surface area contributed by atoms with Crippen LogP contribution in [0.1, 0.15) is 24.5 Å². The minimum atomic E-state index is -0.189. The van der Waals surface area contributed by atoms with Gasteiger partial charge < -0.3 is 39.0 Å². The highest BCUT2D eigenvalue weighted by Gasteiger charge is 2.24. The Morgan fingerprint density at radius 1 is 0.733 bits per heavy atom. The van der Waals surface area contributed by atoms with Crippen LogP contribution in [0, 0.1) is 0 Å². The van der Waals surface area contributed by atoms with Crippen LogP contribution in [0.4, 0.5) is 0 Å². The second kappa shape index (κ2) is 13.4. The standard InChI is InChI=1S/C31H42N10O4/c1-20-33-29(39(2)3)38-31(34-20)41(14-11-22-7-9-24-26(17-22)45-19-43-24)15-12-27-35-28(37-30(36-27)40(4)5)32-13-10-21-6-8-23-25(16-21)44-18-42-23/h6-9,16-17,20,27H,10-15,18-19H2,1-5H3,(H,33,34,38)(H2,32,35,36,37). The number of rotatable bonds is 9. The molecule has 14 nitrogen and oxygen atoms in total. The van der Waals surface area contributed by atoms with Gasteiger partial charge >= 0.3 is 0 Å². The highest BCUT2D eigenvalue weighted by Crippen LogP contribution is 2.33. The van der Waals surface area contributed by atoms with Crippen LogP contribution < -0.4 is 34.9 Å². The molecule has 0 spiro atoms. The van der Waals surface area contributed by atoms with Crippen molar-refractivity contribution in [1.29, 1.82) is 0 Å². The van der Waals surface area contributed by atoms with E-state index in [2.05, 4.69) is 44.0 Å². The van der Waals surface area contributed by atoms with Crippen molar-refractivity contribution in [3.05, 3.63) is 47.5 Å². The lowest BCUT2D eigenvalue weighted by Gasteiger charge is -2.33. The molecule has 0 radical (unpaired) electrons. The SMILES string of the molecule is CC1N=C(N(C)C)NC(N(CCc2ccc3c(c2)OCO3)CCC2N=C(N(C)C)NC(=NCCc3ccc4c(c3)OCO4)N2)=N1. The fourth-order valence-electron chi connectivity index (χ4n) is 5.25. The Hall–Kier alpha value is -4.88. The van der Waals surface area contributed by atoms with Gasteiger partial charge in [-0.1, -0.05) is 12.1 Å². The fourth-order valence-corrected chi connectivity index (χ4v) is 5.25. The van der Waals surface area contributed by atoms with Gasteiger partial charge in [0.15, 0.2) is 29.0 Å². The highest BCUT2D eigenvalue weighted by atomic mass is 16.7. The zero-order chi connectivity index (χ0) is 31.3. The average molecular weight is 619 g/mol. The van der Waals surface area contributed by atoms with Crippen molar-refractivity contribution >= 4 is 23.8 Å². The molecule has 4 aliphatic heterocycles. The van der Waals surface area contributed by atoms with Crippen molar-refractivity contribution in [2.45, 2.75) is 38.5 Å². The van der Waals surface area contributed by atoms with E-state index in [1.807, 2.05) is 63.1 Å². The maximum atomic E-state index is 5.61. The summed E-state index contributed by atoms with van der Waals surface area (Å²) in [6, 6.07) is 12.1. The van der Waals surface area contributed by atoms with Gasteiger partial charge in [0, 0.05) is 54.2 Å². The molecule has 240 valence electrons. The number of hydrogen-bond donors (Lipinski definition) is 3. The lowest BCUT2D eigenvalue weighted by molar-refractivity contribution is 0.173. The van der Waals surface area contributed by atoms with Crippen LogP contribution in [-0.2, 0) is 12.8 Å². The zero-order valence-electron chi connectivity index (χ0n) is 26.5. The van der Waals surface area contributed by atoms with Gasteiger partial charge in [0.25, 0.3) is 0 Å². The monoisotopic (exact) mass is 618 g/mol. The van der Waals surface area contributed by atoms with Crippen LogP contribution >= 0.6 is 0 Å². The molecule has 0 bridgehead atoms. The zero-order valence-corrected chi connectivity index (χ0v) is 26.5. The largest absolute Gasteiger partial charge is 0.454 e. The van der Waals surface area contributed by atoms with Crippen molar-refractivity contribution in [2.24, 2.45) is 20.0 Å². The summed E-state index contributed by atoms with van der Waals surface area (Å²) >= 11 is 0. The number of fused-ring (bicyclic) bond motifs is 2. The number of ether oxygens (including phenoxy) is 4. The first-order valence-corrected chi connectivity index (χ1v) is 15.3. The smallest absolute Gasteiger partial charge is 0.231 e. The van der Waals surface area contributed by atoms with Gasteiger partial charge in [0.2, 0.25) is 31.5 Å². The summed E-state index contributed by atoms with van der Waals surface area (Å²) in [4.78, 5) is 25.5. The Morgan fingerprint density at radius 2 is 1.33 bits per heavy atom. The minimum absolute atomic E-state index is 0.176. The number of hydrogen-bond acceptors (Lipinski definition) is 12. The van der Waals surface area contributed by atoms with Crippen LogP contribution in [0.5, 0.6) is 23.0 Å². The van der Waals surface area contributed by atoms with Gasteiger partial charge in [0.1, 0.15) is 12.3 Å². The second-order valence-electron chi connectivity index (χ2n) is 11.6. The maximum absolute atomic E-state index is 5.61. The fraction of sp³-hybridized carbons (Fsp3) is 0.484. The molecule has 3 N–H and O–H groups in total. The molecule has 0 aliphatic carbocycles. The van der Waals surface area contributed by atoms with E-state index in [-0.39, 0.29) is 25.9 Å². The number of guanidine groups is 4. The third-order valence-electron chi connectivity index (χ3n) is 7.69. The van der Waals surface area contributed by atoms with E-state index in [1.165, 1.54) is 5.56 Å². The molecule has 0 saturated carbocycles. The molecule has 0 fully saturated rings. The van der Waals surface area contributed by atoms with Crippen molar-refractivity contribution in [2.75, 3.05) is 61.4 Å². The minimum Gasteiger partial charge on any atom is -0.454 e. The van der Waals surface area contributed by atoms with E-state index in [4.69, 9.17) is 33.9 Å². The van der Waals surface area contributed by atoms with E-state index < -0.39 is 0 Å². The van der Waals surface area contributed by atoms with Gasteiger partial charge in [-0.05, 0) is 55.2 Å². The predicted octanol–water partition coefficient (Wildman–Crippen LogP) is 1.64. The molecule has 0 aromatic heterocycles. The average Bonchev–Trinajstić information content (AvgIpc) is 3.70. The molecule has 14 heteroatoms. The van der Waals surface area contributed by atoms with Crippen LogP contribution in [0.2, 0.25) is 0 Å². The summed E-state index contributed by atoms with van der Waals surface area (Å²) in [5, 5.41) is 10.3. The summed E-state index contributed by atoms with van der Waals surface area (Å²) in [5.41, 5.74) is 2.31. The normalized spacial score (nSPS) is 20.4. The number of nitrogens with one attached hydrogen (secondary N) is 3. The summed E-state index contributed by atoms with van der Waals surface area (Å²) in [7, 11) is 7.89. The number of benzene rings is 2. The molecular formula is C31H42N10O4. The number of aliphatic imine (C=N–C) groups is 4. The van der Waals surface area contributed by atoms with Crippen molar-refractivity contribution in [1.82, 2.24) is 30.7 Å². The summed E-state index contributed by atoms with van der Waals surface area (Å²) in [6.45, 7) is 4.58. The molecule has 2 atom stereocenters. The second-order valence-corrected chi connectivity index (χ2v) is 11.6. The Labute approximate surface area is 263 Å². The Bertz CT molecular complexity index is 1510. The molecular weight excluding hydrogens is 576 g/mol. The van der Waals surface area contributed by atoms with Crippen LogP contribution in [0.3, 0.4) is 0 Å². The van der Waals surface area contributed by atoms with Gasteiger partial charge in [-0.25, -0.2) is 15.0 Å². The van der Waals surface area contributed by atoms with E-state index >= 15 is 0 Å². The quantitative estimate of drug-likeness (QED) is 0.381. The summed E-state index contributed by atoms with van der Waals surface area (Å²) < 4.78 is 22.1. The molecule has 0 amide bonds. The summed E-state index contributed by atoms with van der Waals surface area (Å²) in [5.74, 6) is 6.19. The third kappa shape index (κ3) is 7.44. The Morgan fingerprint density at radius 3 is 2.00 bits per heavy atom. The molecule has 4 aliphatic rings. The lowest BCUT2D eigenvalue weighted by Crippen LogP contribution is -2.56. The van der Waals surface area contributed by atoms with Crippen LogP contribution in [-0.4, -0.2) is 112 Å². The van der Waals surface area contributed by atoms with Crippen molar-refractivity contribution < 1.29 is 18.9 Å². The van der Waals surface area contributed by atoms with E-state index in [0.29, 0.717) is 19.0 Å². The first-order chi connectivity index (χ1) is 21.8. The first-order valence-electron chi connectivity index (χ1n) is 15.3. The molecule has 45 heavy (non-hydrogen) atoms. The topological polar surface area (TPSA) is 132 Å². The van der Waals surface area contributed by atoms with Gasteiger partial charge in [-0.15, -0.1) is 0 Å². The van der Waals surface area contributed by atoms with Gasteiger partial charge in [-0.3, -0.25) is 15.6 Å². The first kappa shape index (κ1) is 30.2. The molecule has 2 aromatic rings. The molecule has 4 heterocycles. The van der Waals surface area contributed by atoms with Crippen LogP contribution in [0.15, 0.2) is 56.4 Å². The Kier molecular flexibility index (Phi) is 8.98. The van der Waals surface area contributed by atoms with E-state index in [9.17, 15) is 0 Å².